The molecule has 3 nitrogen and oxygen atoms in total. The molecule has 3 heteroatoms. The Labute approximate surface area is 95.9 Å². The van der Waals surface area contributed by atoms with Gasteiger partial charge in [0, 0.05) is 30.1 Å². The third-order valence-corrected chi connectivity index (χ3v) is 2.56. The molecule has 1 rings (SSSR count). The number of nitrogens with one attached hydrogen (secondary N) is 1. The van der Waals surface area contributed by atoms with Crippen molar-refractivity contribution < 1.29 is 9.59 Å². The normalized spacial score (nSPS) is 11.9. The minimum absolute atomic E-state index is 0.0238. The van der Waals surface area contributed by atoms with Crippen molar-refractivity contribution in [3.63, 3.8) is 0 Å². The van der Waals surface area contributed by atoms with Gasteiger partial charge in [0.2, 0.25) is 0 Å². The van der Waals surface area contributed by atoms with E-state index in [1.54, 1.807) is 12.1 Å². The molecule has 0 saturated heterocycles. The van der Waals surface area contributed by atoms with Crippen LogP contribution in [0.4, 0.5) is 5.69 Å². The number of Topliss-reactive ketones (excluding diaryl/α,β-unsaturated/α-hetero) is 1. The average molecular weight is 219 g/mol. The van der Waals surface area contributed by atoms with Gasteiger partial charge >= 0.3 is 0 Å². The topological polar surface area (TPSA) is 46.2 Å². The Hall–Kier alpha value is -1.64. The van der Waals surface area contributed by atoms with Crippen LogP contribution in [0, 0.1) is 5.92 Å². The summed E-state index contributed by atoms with van der Waals surface area (Å²) in [4.78, 5) is 21.8. The second kappa shape index (κ2) is 6.05. The third kappa shape index (κ3) is 3.50. The van der Waals surface area contributed by atoms with Crippen molar-refractivity contribution in [3.8, 4) is 0 Å². The third-order valence-electron chi connectivity index (χ3n) is 2.56. The molecule has 0 heterocycles. The Morgan fingerprint density at radius 2 is 2.00 bits per heavy atom. The van der Waals surface area contributed by atoms with Crippen LogP contribution in [-0.2, 0) is 4.79 Å². The second-order valence-corrected chi connectivity index (χ2v) is 3.84. The first-order valence-electron chi connectivity index (χ1n) is 5.49. The maximum Gasteiger partial charge on any atom is 0.150 e. The van der Waals surface area contributed by atoms with Gasteiger partial charge in [0.15, 0.2) is 0 Å². The summed E-state index contributed by atoms with van der Waals surface area (Å²) in [6.07, 6.45) is 1.39. The van der Waals surface area contributed by atoms with E-state index in [2.05, 4.69) is 5.32 Å². The SMILES string of the molecule is CCC(=O)C(C)CNc1ccc(C=O)cc1. The first kappa shape index (κ1) is 12.4. The maximum absolute atomic E-state index is 11.3. The zero-order valence-electron chi connectivity index (χ0n) is 9.69. The van der Waals surface area contributed by atoms with E-state index in [9.17, 15) is 9.59 Å². The highest BCUT2D eigenvalue weighted by atomic mass is 16.1. The number of benzene rings is 1. The lowest BCUT2D eigenvalue weighted by molar-refractivity contribution is -0.121. The molecule has 0 aromatic heterocycles. The molecular weight excluding hydrogens is 202 g/mol. The van der Waals surface area contributed by atoms with E-state index >= 15 is 0 Å². The van der Waals surface area contributed by atoms with Crippen molar-refractivity contribution in [2.75, 3.05) is 11.9 Å². The summed E-state index contributed by atoms with van der Waals surface area (Å²) < 4.78 is 0. The molecule has 0 spiro atoms. The van der Waals surface area contributed by atoms with E-state index in [0.717, 1.165) is 12.0 Å². The highest BCUT2D eigenvalue weighted by Crippen LogP contribution is 2.09. The molecule has 1 atom stereocenters. The summed E-state index contributed by atoms with van der Waals surface area (Å²) in [5, 5.41) is 3.17. The van der Waals surface area contributed by atoms with E-state index in [1.807, 2.05) is 26.0 Å². The van der Waals surface area contributed by atoms with E-state index < -0.39 is 0 Å². The van der Waals surface area contributed by atoms with Gasteiger partial charge in [0.05, 0.1) is 0 Å². The standard InChI is InChI=1S/C13H17NO2/c1-3-13(16)10(2)8-14-12-6-4-11(9-15)5-7-12/h4-7,9-10,14H,3,8H2,1-2H3. The maximum atomic E-state index is 11.3. The molecular formula is C13H17NO2. The molecule has 0 fully saturated rings. The molecule has 0 radical (unpaired) electrons. The summed E-state index contributed by atoms with van der Waals surface area (Å²) in [6, 6.07) is 7.18. The van der Waals surface area contributed by atoms with E-state index in [0.29, 0.717) is 18.5 Å². The number of carbonyl (C=O) groups excluding carboxylic acids is 2. The molecule has 0 aliphatic carbocycles. The van der Waals surface area contributed by atoms with Gasteiger partial charge in [-0.1, -0.05) is 13.8 Å². The Balaban J connectivity index is 2.48. The number of aldehydes is 1. The van der Waals surface area contributed by atoms with Gasteiger partial charge in [-0.3, -0.25) is 9.59 Å². The number of rotatable bonds is 6. The molecule has 0 bridgehead atoms. The molecule has 0 saturated carbocycles. The van der Waals surface area contributed by atoms with Crippen LogP contribution in [0.25, 0.3) is 0 Å². The second-order valence-electron chi connectivity index (χ2n) is 3.84. The lowest BCUT2D eigenvalue weighted by atomic mass is 10.0. The van der Waals surface area contributed by atoms with Gasteiger partial charge in [-0.15, -0.1) is 0 Å². The molecule has 1 aromatic carbocycles. The Bertz CT molecular complexity index is 357. The van der Waals surface area contributed by atoms with Crippen LogP contribution >= 0.6 is 0 Å². The summed E-state index contributed by atoms with van der Waals surface area (Å²) in [7, 11) is 0. The highest BCUT2D eigenvalue weighted by Gasteiger charge is 2.09. The quantitative estimate of drug-likeness (QED) is 0.748. The van der Waals surface area contributed by atoms with Crippen molar-refractivity contribution in [2.24, 2.45) is 5.92 Å². The van der Waals surface area contributed by atoms with Crippen LogP contribution in [0.2, 0.25) is 0 Å². The van der Waals surface area contributed by atoms with Crippen LogP contribution in [0.5, 0.6) is 0 Å². The van der Waals surface area contributed by atoms with Gasteiger partial charge in [-0.2, -0.15) is 0 Å². The van der Waals surface area contributed by atoms with E-state index in [4.69, 9.17) is 0 Å². The number of ketones is 1. The van der Waals surface area contributed by atoms with Crippen molar-refractivity contribution in [1.29, 1.82) is 0 Å². The van der Waals surface area contributed by atoms with Gasteiger partial charge in [-0.25, -0.2) is 0 Å². The minimum atomic E-state index is 0.0238. The predicted molar refractivity (Wildman–Crippen MR) is 64.8 cm³/mol. The number of hydrogen-bond donors (Lipinski definition) is 1. The molecule has 86 valence electrons. The van der Waals surface area contributed by atoms with Crippen LogP contribution in [0.15, 0.2) is 24.3 Å². The molecule has 0 aliphatic rings. The lowest BCUT2D eigenvalue weighted by Gasteiger charge is -2.11. The first-order valence-corrected chi connectivity index (χ1v) is 5.49. The summed E-state index contributed by atoms with van der Waals surface area (Å²) in [5.41, 5.74) is 1.59. The fourth-order valence-corrected chi connectivity index (χ4v) is 1.41. The minimum Gasteiger partial charge on any atom is -0.384 e. The Morgan fingerprint density at radius 1 is 1.38 bits per heavy atom. The fraction of sp³-hybridized carbons (Fsp3) is 0.385. The van der Waals surface area contributed by atoms with Crippen molar-refractivity contribution in [3.05, 3.63) is 29.8 Å². The van der Waals surface area contributed by atoms with Crippen molar-refractivity contribution in [1.82, 2.24) is 0 Å². The molecule has 1 unspecified atom stereocenters. The summed E-state index contributed by atoms with van der Waals surface area (Å²) >= 11 is 0. The van der Waals surface area contributed by atoms with Crippen LogP contribution in [-0.4, -0.2) is 18.6 Å². The molecule has 16 heavy (non-hydrogen) atoms. The first-order chi connectivity index (χ1) is 7.67. The molecule has 1 N–H and O–H groups in total. The van der Waals surface area contributed by atoms with Gasteiger partial charge in [0.1, 0.15) is 12.1 Å². The molecule has 0 aliphatic heterocycles. The molecule has 0 amide bonds. The fourth-order valence-electron chi connectivity index (χ4n) is 1.41. The van der Waals surface area contributed by atoms with E-state index in [-0.39, 0.29) is 11.7 Å². The van der Waals surface area contributed by atoms with Gasteiger partial charge < -0.3 is 5.32 Å². The van der Waals surface area contributed by atoms with Crippen molar-refractivity contribution >= 4 is 17.8 Å². The zero-order chi connectivity index (χ0) is 12.0. The predicted octanol–water partition coefficient (Wildman–Crippen LogP) is 2.53. The number of carbonyl (C=O) groups is 2. The smallest absolute Gasteiger partial charge is 0.150 e. The van der Waals surface area contributed by atoms with Crippen LogP contribution in [0.3, 0.4) is 0 Å². The molecule has 1 aromatic rings. The summed E-state index contributed by atoms with van der Waals surface area (Å²) in [5.74, 6) is 0.285. The number of anilines is 1. The zero-order valence-corrected chi connectivity index (χ0v) is 9.69. The average Bonchev–Trinajstić information content (AvgIpc) is 2.35. The monoisotopic (exact) mass is 219 g/mol. The van der Waals surface area contributed by atoms with Crippen molar-refractivity contribution in [2.45, 2.75) is 20.3 Å². The van der Waals surface area contributed by atoms with Crippen LogP contribution < -0.4 is 5.32 Å². The van der Waals surface area contributed by atoms with Gasteiger partial charge in [0.25, 0.3) is 0 Å². The highest BCUT2D eigenvalue weighted by molar-refractivity contribution is 5.81. The van der Waals surface area contributed by atoms with E-state index in [1.165, 1.54) is 0 Å². The van der Waals surface area contributed by atoms with Crippen LogP contribution in [0.1, 0.15) is 30.6 Å². The number of hydrogen-bond acceptors (Lipinski definition) is 3. The Morgan fingerprint density at radius 3 is 2.50 bits per heavy atom. The Kier molecular flexibility index (Phi) is 4.70. The lowest BCUT2D eigenvalue weighted by Crippen LogP contribution is -2.19. The van der Waals surface area contributed by atoms with Gasteiger partial charge in [-0.05, 0) is 24.3 Å². The summed E-state index contributed by atoms with van der Waals surface area (Å²) in [6.45, 7) is 4.42. The largest absolute Gasteiger partial charge is 0.384 e.